The van der Waals surface area contributed by atoms with Gasteiger partial charge in [0.1, 0.15) is 5.82 Å². The second kappa shape index (κ2) is 6.34. The Bertz CT molecular complexity index is 668. The molecule has 5 heteroatoms. The number of amides is 1. The third kappa shape index (κ3) is 3.93. The van der Waals surface area contributed by atoms with Gasteiger partial charge in [-0.25, -0.2) is 4.98 Å². The van der Waals surface area contributed by atoms with Crippen molar-refractivity contribution in [1.29, 1.82) is 0 Å². The number of nitrogens with two attached hydrogens (primary N) is 1. The predicted octanol–water partition coefficient (Wildman–Crippen LogP) is 3.39. The maximum absolute atomic E-state index is 11.8. The Hall–Kier alpha value is -2.14. The average molecular weight is 332 g/mol. The van der Waals surface area contributed by atoms with E-state index < -0.39 is 0 Å². The van der Waals surface area contributed by atoms with Crippen molar-refractivity contribution in [2.75, 3.05) is 11.1 Å². The molecule has 0 aliphatic carbocycles. The number of nitrogens with zero attached hydrogens (tertiary/aromatic N) is 1. The van der Waals surface area contributed by atoms with Gasteiger partial charge in [0, 0.05) is 22.4 Å². The lowest BCUT2D eigenvalue weighted by molar-refractivity contribution is -0.111. The van der Waals surface area contributed by atoms with E-state index in [1.165, 1.54) is 6.08 Å². The third-order valence-corrected chi connectivity index (χ3v) is 3.06. The Labute approximate surface area is 125 Å². The molecule has 1 heterocycles. The van der Waals surface area contributed by atoms with E-state index in [4.69, 9.17) is 5.73 Å². The fourth-order valence-corrected chi connectivity index (χ4v) is 2.11. The number of carbonyl (C=O) groups excluding carboxylic acids is 1. The molecule has 102 valence electrons. The van der Waals surface area contributed by atoms with Crippen molar-refractivity contribution >= 4 is 39.4 Å². The number of rotatable bonds is 3. The van der Waals surface area contributed by atoms with Crippen LogP contribution in [0.15, 0.2) is 47.1 Å². The van der Waals surface area contributed by atoms with Crippen molar-refractivity contribution < 1.29 is 4.79 Å². The number of aromatic nitrogens is 1. The zero-order valence-electron chi connectivity index (χ0n) is 10.9. The summed E-state index contributed by atoms with van der Waals surface area (Å²) in [6.45, 7) is 1.88. The van der Waals surface area contributed by atoms with Crippen molar-refractivity contribution in [3.63, 3.8) is 0 Å². The molecule has 0 aliphatic rings. The summed E-state index contributed by atoms with van der Waals surface area (Å²) in [6, 6.07) is 9.21. The highest BCUT2D eigenvalue weighted by Crippen LogP contribution is 2.16. The maximum Gasteiger partial charge on any atom is 0.249 e. The molecule has 2 rings (SSSR count). The summed E-state index contributed by atoms with van der Waals surface area (Å²) in [5.74, 6) is 0.320. The molecule has 0 atom stereocenters. The van der Waals surface area contributed by atoms with Crippen LogP contribution in [0.1, 0.15) is 11.1 Å². The quantitative estimate of drug-likeness (QED) is 0.669. The molecule has 0 aliphatic heterocycles. The summed E-state index contributed by atoms with van der Waals surface area (Å²) in [7, 11) is 0. The minimum atomic E-state index is -0.231. The number of nitrogen functional groups attached to an aromatic ring is 1. The average Bonchev–Trinajstić information content (AvgIpc) is 2.40. The van der Waals surface area contributed by atoms with Gasteiger partial charge in [-0.1, -0.05) is 12.1 Å². The summed E-state index contributed by atoms with van der Waals surface area (Å²) in [4.78, 5) is 16.0. The summed E-state index contributed by atoms with van der Waals surface area (Å²) < 4.78 is 0.878. The van der Waals surface area contributed by atoms with Crippen molar-refractivity contribution in [2.45, 2.75) is 6.92 Å². The Morgan fingerprint density at radius 2 is 2.20 bits per heavy atom. The number of anilines is 2. The van der Waals surface area contributed by atoms with E-state index in [9.17, 15) is 4.79 Å². The van der Waals surface area contributed by atoms with Gasteiger partial charge in [-0.3, -0.25) is 4.79 Å². The van der Waals surface area contributed by atoms with Crippen molar-refractivity contribution in [3.05, 3.63) is 58.2 Å². The molecule has 0 saturated heterocycles. The highest BCUT2D eigenvalue weighted by atomic mass is 79.9. The number of carbonyl (C=O) groups is 1. The first-order valence-corrected chi connectivity index (χ1v) is 6.80. The first kappa shape index (κ1) is 14.3. The van der Waals surface area contributed by atoms with Crippen LogP contribution in [0.4, 0.5) is 11.5 Å². The molecule has 0 bridgehead atoms. The van der Waals surface area contributed by atoms with E-state index in [2.05, 4.69) is 26.2 Å². The van der Waals surface area contributed by atoms with E-state index in [1.54, 1.807) is 24.4 Å². The minimum absolute atomic E-state index is 0.231. The molecule has 4 nitrogen and oxygen atoms in total. The van der Waals surface area contributed by atoms with Gasteiger partial charge < -0.3 is 11.1 Å². The maximum atomic E-state index is 11.8. The molecule has 20 heavy (non-hydrogen) atoms. The lowest BCUT2D eigenvalue weighted by Gasteiger charge is -2.05. The van der Waals surface area contributed by atoms with Crippen LogP contribution in [0.5, 0.6) is 0 Å². The van der Waals surface area contributed by atoms with Crippen LogP contribution in [-0.2, 0) is 4.79 Å². The fourth-order valence-electron chi connectivity index (χ4n) is 1.66. The standard InChI is InChI=1S/C15H14BrN3O/c1-10-7-12(16)9-18-15(10)19-14(20)6-5-11-3-2-4-13(17)8-11/h2-9H,17H2,1H3,(H,18,19,20)/b6-5+. The molecule has 1 aromatic heterocycles. The molecule has 1 aromatic carbocycles. The van der Waals surface area contributed by atoms with Gasteiger partial charge in [-0.15, -0.1) is 0 Å². The first-order valence-electron chi connectivity index (χ1n) is 6.01. The second-order valence-electron chi connectivity index (χ2n) is 4.31. The van der Waals surface area contributed by atoms with Gasteiger partial charge in [0.25, 0.3) is 0 Å². The Balaban J connectivity index is 2.05. The number of aryl methyl sites for hydroxylation is 1. The molecule has 2 aromatic rings. The van der Waals surface area contributed by atoms with Crippen molar-refractivity contribution in [1.82, 2.24) is 4.98 Å². The van der Waals surface area contributed by atoms with E-state index >= 15 is 0 Å². The topological polar surface area (TPSA) is 68.0 Å². The van der Waals surface area contributed by atoms with Crippen LogP contribution < -0.4 is 11.1 Å². The zero-order valence-corrected chi connectivity index (χ0v) is 12.5. The van der Waals surface area contributed by atoms with Gasteiger partial charge in [0.05, 0.1) is 0 Å². The van der Waals surface area contributed by atoms with E-state index in [0.29, 0.717) is 11.5 Å². The second-order valence-corrected chi connectivity index (χ2v) is 5.23. The first-order chi connectivity index (χ1) is 9.54. The highest BCUT2D eigenvalue weighted by Gasteiger charge is 2.03. The number of hydrogen-bond donors (Lipinski definition) is 2. The van der Waals surface area contributed by atoms with Gasteiger partial charge in [0.15, 0.2) is 0 Å². The lowest BCUT2D eigenvalue weighted by Crippen LogP contribution is -2.10. The Kier molecular flexibility index (Phi) is 4.53. The minimum Gasteiger partial charge on any atom is -0.399 e. The number of nitrogens with one attached hydrogen (secondary N) is 1. The van der Waals surface area contributed by atoms with E-state index in [0.717, 1.165) is 15.6 Å². The summed E-state index contributed by atoms with van der Waals surface area (Å²) in [5, 5.41) is 2.73. The van der Waals surface area contributed by atoms with Crippen LogP contribution in [0.2, 0.25) is 0 Å². The number of hydrogen-bond acceptors (Lipinski definition) is 3. The number of benzene rings is 1. The predicted molar refractivity (Wildman–Crippen MR) is 85.2 cm³/mol. The Morgan fingerprint density at radius 3 is 2.90 bits per heavy atom. The van der Waals surface area contributed by atoms with Crippen molar-refractivity contribution in [3.8, 4) is 0 Å². The van der Waals surface area contributed by atoms with Gasteiger partial charge >= 0.3 is 0 Å². The summed E-state index contributed by atoms with van der Waals surface area (Å²) in [5.41, 5.74) is 8.11. The monoisotopic (exact) mass is 331 g/mol. The molecule has 0 unspecified atom stereocenters. The van der Waals surface area contributed by atoms with Crippen LogP contribution in [0, 0.1) is 6.92 Å². The molecule has 0 saturated carbocycles. The molecule has 0 fully saturated rings. The zero-order chi connectivity index (χ0) is 14.5. The fraction of sp³-hybridized carbons (Fsp3) is 0.0667. The molecular formula is C15H14BrN3O. The van der Waals surface area contributed by atoms with E-state index in [-0.39, 0.29) is 5.91 Å². The third-order valence-electron chi connectivity index (χ3n) is 2.62. The molecule has 0 spiro atoms. The van der Waals surface area contributed by atoms with Crippen LogP contribution in [0.3, 0.4) is 0 Å². The van der Waals surface area contributed by atoms with Crippen LogP contribution >= 0.6 is 15.9 Å². The number of halogens is 1. The van der Waals surface area contributed by atoms with Gasteiger partial charge in [0.2, 0.25) is 5.91 Å². The molecule has 0 radical (unpaired) electrons. The normalized spacial score (nSPS) is 10.7. The summed E-state index contributed by atoms with van der Waals surface area (Å²) in [6.07, 6.45) is 4.81. The number of pyridine rings is 1. The van der Waals surface area contributed by atoms with Crippen LogP contribution in [0.25, 0.3) is 6.08 Å². The van der Waals surface area contributed by atoms with Crippen molar-refractivity contribution in [2.24, 2.45) is 0 Å². The molecule has 3 N–H and O–H groups in total. The van der Waals surface area contributed by atoms with E-state index in [1.807, 2.05) is 25.1 Å². The van der Waals surface area contributed by atoms with Gasteiger partial charge in [-0.2, -0.15) is 0 Å². The molecule has 1 amide bonds. The van der Waals surface area contributed by atoms with Gasteiger partial charge in [-0.05, 0) is 58.3 Å². The lowest BCUT2D eigenvalue weighted by atomic mass is 10.2. The summed E-state index contributed by atoms with van der Waals surface area (Å²) >= 11 is 3.33. The SMILES string of the molecule is Cc1cc(Br)cnc1NC(=O)/C=C/c1cccc(N)c1. The van der Waals surface area contributed by atoms with Crippen LogP contribution in [-0.4, -0.2) is 10.9 Å². The highest BCUT2D eigenvalue weighted by molar-refractivity contribution is 9.10. The molecular weight excluding hydrogens is 318 g/mol. The smallest absolute Gasteiger partial charge is 0.249 e. The Morgan fingerprint density at radius 1 is 1.40 bits per heavy atom. The largest absolute Gasteiger partial charge is 0.399 e.